The number of aromatic amines is 1. The van der Waals surface area contributed by atoms with E-state index in [4.69, 9.17) is 4.74 Å². The maximum absolute atomic E-state index is 12.7. The van der Waals surface area contributed by atoms with E-state index in [1.807, 2.05) is 4.90 Å². The normalized spacial score (nSPS) is 14.7. The number of nitrogens with one attached hydrogen (secondary N) is 2. The summed E-state index contributed by atoms with van der Waals surface area (Å²) in [5.41, 5.74) is 1.48. The summed E-state index contributed by atoms with van der Waals surface area (Å²) in [5.74, 6) is -0.164. The average molecular weight is 374 g/mol. The van der Waals surface area contributed by atoms with E-state index < -0.39 is 18.2 Å². The van der Waals surface area contributed by atoms with Gasteiger partial charge < -0.3 is 19.9 Å². The van der Waals surface area contributed by atoms with Crippen molar-refractivity contribution < 1.29 is 18.3 Å². The topological polar surface area (TPSA) is 96.0 Å². The number of amides is 1. The molecule has 140 valence electrons. The zero-order valence-electron chi connectivity index (χ0n) is 14.2. The summed E-state index contributed by atoms with van der Waals surface area (Å²) in [6.45, 7) is 2.61. The van der Waals surface area contributed by atoms with Crippen molar-refractivity contribution in [3.8, 4) is 0 Å². The fraction of sp³-hybridized carbons (Fsp3) is 0.294. The van der Waals surface area contributed by atoms with E-state index in [0.29, 0.717) is 48.8 Å². The molecule has 8 nitrogen and oxygen atoms in total. The second kappa shape index (κ2) is 7.23. The number of nitrogens with zero attached hydrogens (tertiary/aromatic N) is 4. The van der Waals surface area contributed by atoms with E-state index >= 15 is 0 Å². The number of fused-ring (bicyclic) bond motifs is 1. The second-order valence-corrected chi connectivity index (χ2v) is 5.97. The fourth-order valence-corrected chi connectivity index (χ4v) is 2.84. The maximum atomic E-state index is 12.7. The lowest BCUT2D eigenvalue weighted by Gasteiger charge is -2.27. The number of alkyl halides is 2. The van der Waals surface area contributed by atoms with Gasteiger partial charge in [-0.15, -0.1) is 0 Å². The van der Waals surface area contributed by atoms with Crippen LogP contribution in [0.3, 0.4) is 0 Å². The van der Waals surface area contributed by atoms with Gasteiger partial charge in [0.1, 0.15) is 17.8 Å². The third-order valence-corrected chi connectivity index (χ3v) is 4.19. The molecule has 27 heavy (non-hydrogen) atoms. The lowest BCUT2D eigenvalue weighted by molar-refractivity contribution is 0.102. The molecule has 4 rings (SSSR count). The van der Waals surface area contributed by atoms with E-state index in [-0.39, 0.29) is 5.69 Å². The van der Waals surface area contributed by atoms with Crippen molar-refractivity contribution >= 4 is 28.4 Å². The van der Waals surface area contributed by atoms with Crippen LogP contribution in [0, 0.1) is 0 Å². The smallest absolute Gasteiger partial charge is 0.295 e. The number of carbonyl (C=O) groups excluding carboxylic acids is 1. The van der Waals surface area contributed by atoms with Crippen molar-refractivity contribution in [1.82, 2.24) is 19.9 Å². The molecule has 3 heterocycles. The summed E-state index contributed by atoms with van der Waals surface area (Å²) in [5, 5.41) is 2.71. The van der Waals surface area contributed by atoms with Gasteiger partial charge in [-0.2, -0.15) is 0 Å². The molecule has 1 aromatic carbocycles. The lowest BCUT2D eigenvalue weighted by Crippen LogP contribution is -2.37. The van der Waals surface area contributed by atoms with E-state index in [1.54, 1.807) is 24.3 Å². The summed E-state index contributed by atoms with van der Waals surface area (Å²) >= 11 is 0. The van der Waals surface area contributed by atoms with Crippen LogP contribution in [0.25, 0.3) is 11.0 Å². The zero-order valence-corrected chi connectivity index (χ0v) is 14.2. The highest BCUT2D eigenvalue weighted by atomic mass is 19.3. The number of carbonyl (C=O) groups is 1. The molecule has 0 bridgehead atoms. The fourth-order valence-electron chi connectivity index (χ4n) is 2.84. The van der Waals surface area contributed by atoms with Gasteiger partial charge in [-0.3, -0.25) is 4.79 Å². The second-order valence-electron chi connectivity index (χ2n) is 5.97. The number of rotatable bonds is 4. The summed E-state index contributed by atoms with van der Waals surface area (Å²) in [7, 11) is 0. The summed E-state index contributed by atoms with van der Waals surface area (Å²) in [6.07, 6.45) is -1.35. The summed E-state index contributed by atoms with van der Waals surface area (Å²) < 4.78 is 30.8. The Morgan fingerprint density at radius 3 is 2.81 bits per heavy atom. The number of ether oxygens (including phenoxy) is 1. The first-order valence-electron chi connectivity index (χ1n) is 8.34. The maximum Gasteiger partial charge on any atom is 0.295 e. The SMILES string of the molecule is O=C(Nc1ccc2nc(C(F)F)[nH]c2c1)c1cc(N2CCOCC2)ncn1. The Labute approximate surface area is 152 Å². The van der Waals surface area contributed by atoms with Gasteiger partial charge in [-0.1, -0.05) is 0 Å². The molecule has 1 aliphatic heterocycles. The van der Waals surface area contributed by atoms with Crippen molar-refractivity contribution in [2.45, 2.75) is 6.43 Å². The standard InChI is InChI=1S/C17H16F2N6O2/c18-15(19)16-23-11-2-1-10(7-12(11)24-16)22-17(26)13-8-14(21-9-20-13)25-3-5-27-6-4-25/h1-2,7-9,15H,3-6H2,(H,22,26)(H,23,24). The van der Waals surface area contributed by atoms with Gasteiger partial charge in [-0.05, 0) is 18.2 Å². The van der Waals surface area contributed by atoms with E-state index in [1.165, 1.54) is 6.33 Å². The number of H-pyrrole nitrogens is 1. The number of imidazole rings is 1. The molecule has 1 fully saturated rings. The molecule has 0 unspecified atom stereocenters. The molecule has 0 aliphatic carbocycles. The van der Waals surface area contributed by atoms with Crippen LogP contribution in [0.1, 0.15) is 22.7 Å². The van der Waals surface area contributed by atoms with Gasteiger partial charge in [0.25, 0.3) is 12.3 Å². The number of aromatic nitrogens is 4. The molecule has 1 aliphatic rings. The van der Waals surface area contributed by atoms with E-state index in [0.717, 1.165) is 0 Å². The van der Waals surface area contributed by atoms with Gasteiger partial charge in [0, 0.05) is 24.8 Å². The molecule has 1 saturated heterocycles. The molecule has 0 saturated carbocycles. The predicted molar refractivity (Wildman–Crippen MR) is 94.1 cm³/mol. The highest BCUT2D eigenvalue weighted by Gasteiger charge is 2.17. The highest BCUT2D eigenvalue weighted by molar-refractivity contribution is 6.04. The zero-order chi connectivity index (χ0) is 18.8. The Morgan fingerprint density at radius 2 is 2.04 bits per heavy atom. The van der Waals surface area contributed by atoms with Crippen LogP contribution in [-0.4, -0.2) is 52.1 Å². The number of anilines is 2. The molecule has 1 amide bonds. The largest absolute Gasteiger partial charge is 0.378 e. The van der Waals surface area contributed by atoms with Gasteiger partial charge in [0.05, 0.1) is 24.2 Å². The summed E-state index contributed by atoms with van der Waals surface area (Å²) in [4.78, 5) is 29.1. The molecule has 0 spiro atoms. The minimum Gasteiger partial charge on any atom is -0.378 e. The van der Waals surface area contributed by atoms with Gasteiger partial charge >= 0.3 is 0 Å². The predicted octanol–water partition coefficient (Wildman–Crippen LogP) is 2.38. The van der Waals surface area contributed by atoms with Crippen molar-refractivity contribution in [3.63, 3.8) is 0 Å². The Hall–Kier alpha value is -3.14. The third kappa shape index (κ3) is 3.70. The minimum atomic E-state index is -2.69. The van der Waals surface area contributed by atoms with Gasteiger partial charge in [-0.25, -0.2) is 23.7 Å². The average Bonchev–Trinajstić information content (AvgIpc) is 3.12. The van der Waals surface area contributed by atoms with Crippen LogP contribution in [0.4, 0.5) is 20.3 Å². The van der Waals surface area contributed by atoms with E-state index in [9.17, 15) is 13.6 Å². The Balaban J connectivity index is 1.52. The van der Waals surface area contributed by atoms with Crippen LogP contribution in [0.2, 0.25) is 0 Å². The molecule has 3 aromatic rings. The van der Waals surface area contributed by atoms with Crippen LogP contribution in [0.5, 0.6) is 0 Å². The monoisotopic (exact) mass is 374 g/mol. The quantitative estimate of drug-likeness (QED) is 0.728. The van der Waals surface area contributed by atoms with Crippen LogP contribution < -0.4 is 10.2 Å². The highest BCUT2D eigenvalue weighted by Crippen LogP contribution is 2.22. The Morgan fingerprint density at radius 1 is 1.22 bits per heavy atom. The third-order valence-electron chi connectivity index (χ3n) is 4.19. The molecular weight excluding hydrogens is 358 g/mol. The summed E-state index contributed by atoms with van der Waals surface area (Å²) in [6, 6.07) is 6.33. The first-order chi connectivity index (χ1) is 13.1. The molecule has 2 N–H and O–H groups in total. The molecular formula is C17H16F2N6O2. The van der Waals surface area contributed by atoms with Crippen molar-refractivity contribution in [3.05, 3.63) is 42.1 Å². The number of hydrogen-bond donors (Lipinski definition) is 2. The lowest BCUT2D eigenvalue weighted by atomic mass is 10.2. The molecule has 0 radical (unpaired) electrons. The molecule has 0 atom stereocenters. The van der Waals surface area contributed by atoms with Crippen LogP contribution in [-0.2, 0) is 4.74 Å². The van der Waals surface area contributed by atoms with Crippen molar-refractivity contribution in [2.24, 2.45) is 0 Å². The number of hydrogen-bond acceptors (Lipinski definition) is 6. The minimum absolute atomic E-state index is 0.212. The van der Waals surface area contributed by atoms with Crippen LogP contribution in [0.15, 0.2) is 30.6 Å². The Kier molecular flexibility index (Phi) is 4.63. The van der Waals surface area contributed by atoms with E-state index in [2.05, 4.69) is 25.3 Å². The molecule has 2 aromatic heterocycles. The number of halogens is 2. The number of benzene rings is 1. The first-order valence-corrected chi connectivity index (χ1v) is 8.34. The van der Waals surface area contributed by atoms with Gasteiger partial charge in [0.2, 0.25) is 0 Å². The molecule has 10 heteroatoms. The number of morpholine rings is 1. The van der Waals surface area contributed by atoms with Crippen molar-refractivity contribution in [1.29, 1.82) is 0 Å². The first kappa shape index (κ1) is 17.3. The van der Waals surface area contributed by atoms with Crippen LogP contribution >= 0.6 is 0 Å². The van der Waals surface area contributed by atoms with Gasteiger partial charge in [0.15, 0.2) is 5.82 Å². The van der Waals surface area contributed by atoms with Crippen molar-refractivity contribution in [2.75, 3.05) is 36.5 Å². The Bertz CT molecular complexity index is 971.